The molecule has 0 fully saturated rings. The molecule has 0 saturated carbocycles. The molecule has 1 aromatic heterocycles. The minimum absolute atomic E-state index is 0.112. The van der Waals surface area contributed by atoms with E-state index >= 15 is 0 Å². The Balaban J connectivity index is 2.74. The lowest BCUT2D eigenvalue weighted by Gasteiger charge is -2.19. The lowest BCUT2D eigenvalue weighted by Crippen LogP contribution is -2.21. The number of unbranched alkanes of at least 4 members (excludes halogenated alkanes) is 2. The number of hydrogen-bond acceptors (Lipinski definition) is 4. The van der Waals surface area contributed by atoms with Gasteiger partial charge in [0.25, 0.3) is 0 Å². The number of halogens is 4. The zero-order valence-electron chi connectivity index (χ0n) is 10.4. The average Bonchev–Trinajstić information content (AvgIpc) is 2.32. The van der Waals surface area contributed by atoms with Crippen molar-refractivity contribution in [3.8, 4) is 0 Å². The third kappa shape index (κ3) is 5.20. The highest BCUT2D eigenvalue weighted by Crippen LogP contribution is 2.30. The lowest BCUT2D eigenvalue weighted by atomic mass is 10.2. The van der Waals surface area contributed by atoms with E-state index in [0.717, 1.165) is 18.9 Å². The van der Waals surface area contributed by atoms with E-state index in [1.165, 1.54) is 0 Å². The zero-order chi connectivity index (χ0) is 14.5. The standard InChI is InChI=1S/C11H15ClF3N3O/c1-18(5-3-2-4-6-19)9-7-8(11(13,14)15)16-10(12)17-9/h7,19H,2-6H2,1H3. The first kappa shape index (κ1) is 16.0. The van der Waals surface area contributed by atoms with Crippen molar-refractivity contribution < 1.29 is 18.3 Å². The third-order valence-electron chi connectivity index (χ3n) is 2.52. The summed E-state index contributed by atoms with van der Waals surface area (Å²) in [7, 11) is 1.64. The summed E-state index contributed by atoms with van der Waals surface area (Å²) in [4.78, 5) is 8.53. The Labute approximate surface area is 114 Å². The van der Waals surface area contributed by atoms with Gasteiger partial charge in [0.2, 0.25) is 5.28 Å². The summed E-state index contributed by atoms with van der Waals surface area (Å²) < 4.78 is 37.7. The second-order valence-corrected chi connectivity index (χ2v) is 4.42. The van der Waals surface area contributed by atoms with Gasteiger partial charge in [0.05, 0.1) is 0 Å². The van der Waals surface area contributed by atoms with Crippen molar-refractivity contribution in [3.05, 3.63) is 17.0 Å². The van der Waals surface area contributed by atoms with Crippen LogP contribution in [0.25, 0.3) is 0 Å². The predicted molar refractivity (Wildman–Crippen MR) is 66.3 cm³/mol. The average molecular weight is 298 g/mol. The van der Waals surface area contributed by atoms with Gasteiger partial charge < -0.3 is 10.0 Å². The number of alkyl halides is 3. The maximum absolute atomic E-state index is 12.6. The van der Waals surface area contributed by atoms with E-state index < -0.39 is 17.2 Å². The van der Waals surface area contributed by atoms with Crippen LogP contribution in [0.3, 0.4) is 0 Å². The Hall–Kier alpha value is -1.08. The summed E-state index contributed by atoms with van der Waals surface area (Å²) in [5, 5.41) is 8.21. The van der Waals surface area contributed by atoms with Crippen LogP contribution >= 0.6 is 11.6 Å². The highest BCUT2D eigenvalue weighted by molar-refractivity contribution is 6.28. The van der Waals surface area contributed by atoms with Crippen LogP contribution in [0.2, 0.25) is 5.28 Å². The van der Waals surface area contributed by atoms with Gasteiger partial charge in [-0.15, -0.1) is 0 Å². The van der Waals surface area contributed by atoms with E-state index in [-0.39, 0.29) is 12.4 Å². The van der Waals surface area contributed by atoms with Gasteiger partial charge in [-0.3, -0.25) is 0 Å². The van der Waals surface area contributed by atoms with Crippen LogP contribution in [0.1, 0.15) is 25.0 Å². The van der Waals surface area contributed by atoms with Crippen molar-refractivity contribution in [3.63, 3.8) is 0 Å². The van der Waals surface area contributed by atoms with E-state index in [9.17, 15) is 13.2 Å². The van der Waals surface area contributed by atoms with Crippen molar-refractivity contribution >= 4 is 17.4 Å². The van der Waals surface area contributed by atoms with Crippen molar-refractivity contribution in [2.75, 3.05) is 25.1 Å². The van der Waals surface area contributed by atoms with Gasteiger partial charge in [-0.1, -0.05) is 0 Å². The summed E-state index contributed by atoms with van der Waals surface area (Å²) in [5.41, 5.74) is -1.05. The molecule has 8 heteroatoms. The molecule has 0 amide bonds. The molecule has 0 unspecified atom stereocenters. The molecule has 1 N–H and O–H groups in total. The molecule has 0 aliphatic rings. The fourth-order valence-electron chi connectivity index (χ4n) is 1.50. The number of anilines is 1. The monoisotopic (exact) mass is 297 g/mol. The quantitative estimate of drug-likeness (QED) is 0.648. The number of aromatic nitrogens is 2. The maximum Gasteiger partial charge on any atom is 0.433 e. The molecule has 1 heterocycles. The molecule has 0 saturated heterocycles. The molecule has 0 aromatic carbocycles. The fraction of sp³-hybridized carbons (Fsp3) is 0.636. The van der Waals surface area contributed by atoms with Gasteiger partial charge in [0.15, 0.2) is 5.69 Å². The Bertz CT molecular complexity index is 415. The molecule has 0 radical (unpaired) electrons. The second kappa shape index (κ2) is 6.91. The number of nitrogens with zero attached hydrogens (tertiary/aromatic N) is 3. The van der Waals surface area contributed by atoms with Crippen LogP contribution in [-0.2, 0) is 6.18 Å². The summed E-state index contributed by atoms with van der Waals surface area (Å²) in [6.07, 6.45) is -2.32. The maximum atomic E-state index is 12.6. The third-order valence-corrected chi connectivity index (χ3v) is 2.69. The molecule has 0 spiro atoms. The van der Waals surface area contributed by atoms with E-state index in [1.54, 1.807) is 11.9 Å². The highest BCUT2D eigenvalue weighted by atomic mass is 35.5. The smallest absolute Gasteiger partial charge is 0.396 e. The lowest BCUT2D eigenvalue weighted by molar-refractivity contribution is -0.141. The number of rotatable bonds is 6. The number of aliphatic hydroxyl groups excluding tert-OH is 1. The van der Waals surface area contributed by atoms with Crippen molar-refractivity contribution in [1.29, 1.82) is 0 Å². The molecular weight excluding hydrogens is 283 g/mol. The normalized spacial score (nSPS) is 11.7. The Morgan fingerprint density at radius 3 is 2.53 bits per heavy atom. The van der Waals surface area contributed by atoms with Crippen LogP contribution in [0.4, 0.5) is 19.0 Å². The van der Waals surface area contributed by atoms with Gasteiger partial charge in [0, 0.05) is 26.3 Å². The fourth-order valence-corrected chi connectivity index (χ4v) is 1.68. The van der Waals surface area contributed by atoms with Gasteiger partial charge in [0.1, 0.15) is 5.82 Å². The van der Waals surface area contributed by atoms with Crippen LogP contribution in [0.5, 0.6) is 0 Å². The summed E-state index contributed by atoms with van der Waals surface area (Å²) in [6.45, 7) is 0.645. The SMILES string of the molecule is CN(CCCCCO)c1cc(C(F)(F)F)nc(Cl)n1. The minimum Gasteiger partial charge on any atom is -0.396 e. The van der Waals surface area contributed by atoms with E-state index in [0.29, 0.717) is 13.0 Å². The summed E-state index contributed by atoms with van der Waals surface area (Å²) in [6, 6.07) is 0.873. The summed E-state index contributed by atoms with van der Waals surface area (Å²) >= 11 is 5.50. The van der Waals surface area contributed by atoms with Crippen molar-refractivity contribution in [1.82, 2.24) is 9.97 Å². The van der Waals surface area contributed by atoms with Gasteiger partial charge in [-0.2, -0.15) is 13.2 Å². The molecule has 4 nitrogen and oxygen atoms in total. The Morgan fingerprint density at radius 1 is 1.26 bits per heavy atom. The molecule has 0 aliphatic heterocycles. The van der Waals surface area contributed by atoms with Crippen molar-refractivity contribution in [2.45, 2.75) is 25.4 Å². The van der Waals surface area contributed by atoms with E-state index in [1.807, 2.05) is 0 Å². The topological polar surface area (TPSA) is 49.2 Å². The molecule has 0 aliphatic carbocycles. The Morgan fingerprint density at radius 2 is 1.95 bits per heavy atom. The first-order valence-electron chi connectivity index (χ1n) is 5.78. The largest absolute Gasteiger partial charge is 0.433 e. The Kier molecular flexibility index (Phi) is 5.81. The first-order valence-corrected chi connectivity index (χ1v) is 6.16. The molecule has 0 bridgehead atoms. The second-order valence-electron chi connectivity index (χ2n) is 4.08. The van der Waals surface area contributed by atoms with Crippen LogP contribution in [0.15, 0.2) is 6.07 Å². The predicted octanol–water partition coefficient (Wildman–Crippen LogP) is 2.75. The first-order chi connectivity index (χ1) is 8.84. The molecule has 19 heavy (non-hydrogen) atoms. The molecular formula is C11H15ClF3N3O. The molecule has 0 atom stereocenters. The summed E-state index contributed by atoms with van der Waals surface area (Å²) in [5.74, 6) is 0.135. The van der Waals surface area contributed by atoms with Crippen LogP contribution in [-0.4, -0.2) is 35.3 Å². The molecule has 1 rings (SSSR count). The van der Waals surface area contributed by atoms with Crippen LogP contribution < -0.4 is 4.90 Å². The van der Waals surface area contributed by atoms with Gasteiger partial charge >= 0.3 is 6.18 Å². The van der Waals surface area contributed by atoms with Gasteiger partial charge in [-0.25, -0.2) is 9.97 Å². The zero-order valence-corrected chi connectivity index (χ0v) is 11.2. The van der Waals surface area contributed by atoms with E-state index in [4.69, 9.17) is 16.7 Å². The minimum atomic E-state index is -4.54. The molecule has 1 aromatic rings. The number of aliphatic hydroxyl groups is 1. The molecule has 108 valence electrons. The van der Waals surface area contributed by atoms with Gasteiger partial charge in [-0.05, 0) is 30.9 Å². The number of hydrogen-bond donors (Lipinski definition) is 1. The van der Waals surface area contributed by atoms with Crippen LogP contribution in [0, 0.1) is 0 Å². The van der Waals surface area contributed by atoms with E-state index in [2.05, 4.69) is 9.97 Å². The van der Waals surface area contributed by atoms with Crippen molar-refractivity contribution in [2.24, 2.45) is 0 Å². The highest BCUT2D eigenvalue weighted by Gasteiger charge is 2.33.